The van der Waals surface area contributed by atoms with E-state index in [2.05, 4.69) is 4.52 Å². The van der Waals surface area contributed by atoms with Gasteiger partial charge in [0, 0.05) is 7.05 Å². The third-order valence-electron chi connectivity index (χ3n) is 1.41. The van der Waals surface area contributed by atoms with E-state index < -0.39 is 16.2 Å². The van der Waals surface area contributed by atoms with Gasteiger partial charge in [-0.25, -0.2) is 9.53 Å². The molecule has 0 radical (unpaired) electrons. The van der Waals surface area contributed by atoms with Gasteiger partial charge < -0.3 is 4.52 Å². The Hall–Kier alpha value is -1.59. The van der Waals surface area contributed by atoms with Crippen LogP contribution in [0.15, 0.2) is 9.32 Å². The third kappa shape index (κ3) is 1.02. The maximum atomic E-state index is 10.7. The molecule has 0 aliphatic carbocycles. The fraction of sp³-hybridized carbons (Fsp3) is 0.400. The fourth-order valence-corrected chi connectivity index (χ4v) is 0.740. The lowest BCUT2D eigenvalue weighted by Gasteiger charge is -1.87. The maximum Gasteiger partial charge on any atom is 0.436 e. The lowest BCUT2D eigenvalue weighted by atomic mass is 10.4. The molecule has 0 fully saturated rings. The Morgan fingerprint density at radius 3 is 2.36 bits per heavy atom. The summed E-state index contributed by atoms with van der Waals surface area (Å²) in [6.45, 7) is 1.45. The number of aryl methyl sites for hydroxylation is 1. The second kappa shape index (κ2) is 2.22. The van der Waals surface area contributed by atoms with E-state index in [1.165, 1.54) is 14.0 Å². The Morgan fingerprint density at radius 1 is 1.64 bits per heavy atom. The molecule has 1 heterocycles. The Labute approximate surface area is 61.2 Å². The Bertz CT molecular complexity index is 348. The molecule has 0 saturated heterocycles. The molecule has 0 saturated carbocycles. The summed E-state index contributed by atoms with van der Waals surface area (Å²) in [6.07, 6.45) is 0. The smallest absolute Gasteiger partial charge is 0.330 e. The van der Waals surface area contributed by atoms with Gasteiger partial charge in [0.25, 0.3) is 0 Å². The zero-order valence-electron chi connectivity index (χ0n) is 6.03. The first-order valence-corrected chi connectivity index (χ1v) is 2.85. The average Bonchev–Trinajstić information content (AvgIpc) is 2.07. The first-order valence-electron chi connectivity index (χ1n) is 2.85. The van der Waals surface area contributed by atoms with Crippen molar-refractivity contribution in [3.05, 3.63) is 26.2 Å². The van der Waals surface area contributed by atoms with Crippen molar-refractivity contribution in [2.75, 3.05) is 0 Å². The average molecular weight is 158 g/mol. The van der Waals surface area contributed by atoms with Gasteiger partial charge >= 0.3 is 11.3 Å². The van der Waals surface area contributed by atoms with Crippen LogP contribution in [0.1, 0.15) is 5.69 Å². The summed E-state index contributed by atoms with van der Waals surface area (Å²) in [5.74, 6) is 0. The lowest BCUT2D eigenvalue weighted by molar-refractivity contribution is -0.387. The minimum absolute atomic E-state index is 0.222. The normalized spacial score (nSPS) is 10.0. The topological polar surface area (TPSA) is 78.3 Å². The van der Waals surface area contributed by atoms with E-state index >= 15 is 0 Å². The van der Waals surface area contributed by atoms with E-state index in [0.29, 0.717) is 0 Å². The molecule has 0 N–H and O–H groups in total. The van der Waals surface area contributed by atoms with E-state index in [0.717, 1.165) is 4.74 Å². The van der Waals surface area contributed by atoms with Crippen LogP contribution in [0, 0.1) is 17.0 Å². The number of aromatic nitrogens is 1. The highest BCUT2D eigenvalue weighted by Gasteiger charge is 2.22. The number of nitrogens with zero attached hydrogens (tertiary/aromatic N) is 2. The molecule has 0 amide bonds. The van der Waals surface area contributed by atoms with Crippen molar-refractivity contribution in [1.82, 2.24) is 4.74 Å². The Balaban J connectivity index is 3.46. The predicted molar refractivity (Wildman–Crippen MR) is 35.3 cm³/mol. The Kier molecular flexibility index (Phi) is 1.52. The molecule has 1 aromatic rings. The van der Waals surface area contributed by atoms with Gasteiger partial charge in [0.15, 0.2) is 0 Å². The standard InChI is InChI=1S/C5H6N2O4/c1-3-4(7(9)10)5(8)11-6(3)2/h1-2H3. The van der Waals surface area contributed by atoms with Crippen molar-refractivity contribution >= 4 is 5.69 Å². The van der Waals surface area contributed by atoms with Gasteiger partial charge in [0.2, 0.25) is 0 Å². The van der Waals surface area contributed by atoms with Crippen LogP contribution < -0.4 is 5.63 Å². The van der Waals surface area contributed by atoms with Crippen LogP contribution in [0.4, 0.5) is 5.69 Å². The first-order chi connectivity index (χ1) is 5.04. The molecule has 1 rings (SSSR count). The van der Waals surface area contributed by atoms with E-state index in [1.54, 1.807) is 0 Å². The van der Waals surface area contributed by atoms with Gasteiger partial charge in [-0.3, -0.25) is 10.1 Å². The highest BCUT2D eigenvalue weighted by Crippen LogP contribution is 2.10. The molecular weight excluding hydrogens is 152 g/mol. The largest absolute Gasteiger partial charge is 0.436 e. The molecule has 1 aromatic heterocycles. The van der Waals surface area contributed by atoms with Gasteiger partial charge in [0.05, 0.1) is 4.92 Å². The van der Waals surface area contributed by atoms with Gasteiger partial charge in [-0.05, 0) is 6.92 Å². The number of rotatable bonds is 1. The number of nitro groups is 1. The summed E-state index contributed by atoms with van der Waals surface area (Å²) in [5.41, 5.74) is -1.18. The minimum Gasteiger partial charge on any atom is -0.330 e. The van der Waals surface area contributed by atoms with Gasteiger partial charge in [-0.15, -0.1) is 0 Å². The minimum atomic E-state index is -0.907. The molecule has 0 aromatic carbocycles. The van der Waals surface area contributed by atoms with Gasteiger partial charge in [-0.1, -0.05) is 0 Å². The van der Waals surface area contributed by atoms with Crippen LogP contribution in [0.25, 0.3) is 0 Å². The van der Waals surface area contributed by atoms with Crippen LogP contribution in [-0.2, 0) is 7.05 Å². The predicted octanol–water partition coefficient (Wildman–Crippen LogP) is 0.195. The fourth-order valence-electron chi connectivity index (χ4n) is 0.740. The third-order valence-corrected chi connectivity index (χ3v) is 1.41. The second-order valence-corrected chi connectivity index (χ2v) is 2.07. The molecule has 0 unspecified atom stereocenters. The molecular formula is C5H6N2O4. The summed E-state index contributed by atoms with van der Waals surface area (Å²) in [7, 11) is 1.43. The van der Waals surface area contributed by atoms with Crippen molar-refractivity contribution in [1.29, 1.82) is 0 Å². The van der Waals surface area contributed by atoms with Crippen LogP contribution in [0.2, 0.25) is 0 Å². The molecule has 6 nitrogen and oxygen atoms in total. The molecule has 0 aliphatic heterocycles. The summed E-state index contributed by atoms with van der Waals surface area (Å²) >= 11 is 0. The highest BCUT2D eigenvalue weighted by atomic mass is 16.6. The molecule has 60 valence electrons. The van der Waals surface area contributed by atoms with Crippen molar-refractivity contribution < 1.29 is 9.45 Å². The van der Waals surface area contributed by atoms with Gasteiger partial charge in [-0.2, -0.15) is 0 Å². The zero-order valence-corrected chi connectivity index (χ0v) is 6.03. The molecule has 11 heavy (non-hydrogen) atoms. The van der Waals surface area contributed by atoms with Crippen LogP contribution in [-0.4, -0.2) is 9.66 Å². The van der Waals surface area contributed by atoms with E-state index in [-0.39, 0.29) is 5.69 Å². The molecule has 0 atom stereocenters. The summed E-state index contributed by atoms with van der Waals surface area (Å²) in [5, 5.41) is 10.2. The first kappa shape index (κ1) is 7.52. The molecule has 6 heteroatoms. The van der Waals surface area contributed by atoms with Crippen molar-refractivity contribution in [2.24, 2.45) is 7.05 Å². The van der Waals surface area contributed by atoms with Crippen molar-refractivity contribution in [2.45, 2.75) is 6.92 Å². The van der Waals surface area contributed by atoms with E-state index in [1.807, 2.05) is 0 Å². The highest BCUT2D eigenvalue weighted by molar-refractivity contribution is 5.29. The van der Waals surface area contributed by atoms with Crippen LogP contribution >= 0.6 is 0 Å². The second-order valence-electron chi connectivity index (χ2n) is 2.07. The van der Waals surface area contributed by atoms with Crippen LogP contribution in [0.3, 0.4) is 0 Å². The Morgan fingerprint density at radius 2 is 2.18 bits per heavy atom. The molecule has 0 spiro atoms. The summed E-state index contributed by atoms with van der Waals surface area (Å²) in [6, 6.07) is 0. The quantitative estimate of drug-likeness (QED) is 0.431. The number of hydrogen-bond acceptors (Lipinski definition) is 4. The lowest BCUT2D eigenvalue weighted by Crippen LogP contribution is -2.01. The van der Waals surface area contributed by atoms with Crippen molar-refractivity contribution in [3.8, 4) is 0 Å². The summed E-state index contributed by atoms with van der Waals surface area (Å²) in [4.78, 5) is 20.1. The summed E-state index contributed by atoms with van der Waals surface area (Å²) < 4.78 is 5.50. The van der Waals surface area contributed by atoms with E-state index in [4.69, 9.17) is 0 Å². The van der Waals surface area contributed by atoms with E-state index in [9.17, 15) is 14.9 Å². The van der Waals surface area contributed by atoms with Crippen LogP contribution in [0.5, 0.6) is 0 Å². The number of hydrogen-bond donors (Lipinski definition) is 0. The zero-order chi connectivity index (χ0) is 8.59. The van der Waals surface area contributed by atoms with Gasteiger partial charge in [0.1, 0.15) is 5.69 Å². The molecule has 0 bridgehead atoms. The SMILES string of the molecule is Cc1c([N+](=O)[O-])c(=O)on1C. The monoisotopic (exact) mass is 158 g/mol. The maximum absolute atomic E-state index is 10.7. The molecule has 0 aliphatic rings. The van der Waals surface area contributed by atoms with Crippen molar-refractivity contribution in [3.63, 3.8) is 0 Å².